The van der Waals surface area contributed by atoms with E-state index in [0.29, 0.717) is 92.2 Å². The van der Waals surface area contributed by atoms with Gasteiger partial charge in [-0.05, 0) is 259 Å². The van der Waals surface area contributed by atoms with Gasteiger partial charge in [0.05, 0.1) is 95.8 Å². The normalized spacial score (nSPS) is 15.4. The standard InChI is InChI=1S/C28H16F2N4.C19H18BF2NO2.C15H10ClN3.C13H6ClF2N.C12H24B2O4.C12H15BClFO2.C7H3BrFN.CH4.2I3/c29-24-14-12-21(16-23(24)22-13-11-18(17-31)15-25(22)30)28-33-26(19-7-3-1-4-8-19)32-27(34-28)20-9-5-2-6-10-20;1-18(2)19(3,4)25-20(24-18)13-6-8-16(21)15(10-13)14-7-5-12(11-23)9-17(14)22;16-15-18-13(11-7-3-1-4-8-11)17-14(19-15)12-9-5-2-6-10-12;14-9-2-4-12(15)11(6-9)10-3-1-8(7-17)5-13(10)16;1-9(2)10(3,4)16-13(15-9)14-17-11(5,6)12(7,8)18-14;1-11(2)12(3,4)17-13(16-11)9-7-8(14)5-6-10(9)15;8-6-2-1-5(4-10)3-7(6)9;;2*1-3-2/h1-16H;5-10H,1-4H3;1-10H;1-6H;1-8H3;5-7H,1-4H3;1-3H;1H4;;/q;;;;;;;;2*-1. The molecule has 14 aromatic rings. The van der Waals surface area contributed by atoms with E-state index >= 15 is 0 Å². The van der Waals surface area contributed by atoms with Crippen molar-refractivity contribution in [1.29, 1.82) is 21.0 Å². The van der Waals surface area contributed by atoms with Crippen LogP contribution in [0.5, 0.6) is 0 Å². The molecule has 4 aliphatic rings. The number of rotatable bonds is 11. The zero-order valence-corrected chi connectivity index (χ0v) is 98.1. The first-order valence-corrected chi connectivity index (χ1v) is 71.5. The van der Waals surface area contributed by atoms with Crippen LogP contribution in [0.1, 0.15) is 140 Å². The first kappa shape index (κ1) is 122. The predicted octanol–water partition coefficient (Wildman–Crippen LogP) is 24.2. The summed E-state index contributed by atoms with van der Waals surface area (Å²) in [5, 5.41) is 35.8. The number of aromatic nitrogens is 6. The molecule has 0 bridgehead atoms. The number of hydrogen-bond donors (Lipinski definition) is 0. The molecule has 0 aliphatic carbocycles. The summed E-state index contributed by atoms with van der Waals surface area (Å²) in [6.07, 6.45) is 0. The molecule has 4 fully saturated rings. The van der Waals surface area contributed by atoms with Gasteiger partial charge in [-0.1, -0.05) is 182 Å². The Morgan fingerprint density at radius 2 is 0.544 bits per heavy atom. The molecule has 0 saturated carbocycles. The van der Waals surface area contributed by atoms with E-state index in [1.165, 1.54) is 103 Å². The van der Waals surface area contributed by atoms with Gasteiger partial charge in [0.1, 0.15) is 46.5 Å². The SMILES string of the molecule is C.CC1(C)OB(B2OC(C)(C)C(C)(C)O2)OC1(C)C.CC1(C)OB(c2cc(Cl)ccc2F)OC1(C)C.CC1(C)OB(c2ccc(F)c(-c3ccc(C#N)cc3F)c2)OC1(C)C.Clc1nc(-c2ccccc2)nc(-c2ccccc2)n1.I[I-]I.I[I-]I.N#Cc1ccc(-c2cc(-c3nc(-c4ccccc4)nc(-c4ccccc4)n3)ccc2F)c(F)c1.N#Cc1ccc(-c2cc(Cl)ccc2F)c(F)c1.N#Cc1ccc(Br)c(F)c1. The van der Waals surface area contributed by atoms with Crippen molar-refractivity contribution in [3.63, 3.8) is 0 Å². The first-order valence-electron chi connectivity index (χ1n) is 44.4. The third kappa shape index (κ3) is 32.4. The second-order valence-electron chi connectivity index (χ2n) is 36.4. The van der Waals surface area contributed by atoms with Crippen LogP contribution < -0.4 is 37.4 Å². The van der Waals surface area contributed by atoms with Gasteiger partial charge in [0.15, 0.2) is 29.1 Å². The molecule has 0 spiro atoms. The van der Waals surface area contributed by atoms with Gasteiger partial charge in [0.2, 0.25) is 5.28 Å². The molecule has 0 N–H and O–H groups in total. The van der Waals surface area contributed by atoms with Crippen LogP contribution in [-0.4, -0.2) is 103 Å². The minimum Gasteiger partial charge on any atom is -0.208 e. The van der Waals surface area contributed by atoms with E-state index in [1.807, 2.05) is 256 Å². The molecular weight excluding hydrogens is 2700 g/mol. The number of benzene rings is 12. The topological polar surface area (TPSA) is 246 Å². The van der Waals surface area contributed by atoms with E-state index in [9.17, 15) is 35.1 Å². The summed E-state index contributed by atoms with van der Waals surface area (Å²) in [5.74, 6) is -2.00. The molecule has 0 amide bonds. The summed E-state index contributed by atoms with van der Waals surface area (Å²) >= 11 is 31.2. The van der Waals surface area contributed by atoms with Crippen molar-refractivity contribution < 1.29 is 98.9 Å². The van der Waals surface area contributed by atoms with E-state index in [1.54, 1.807) is 24.3 Å². The predicted molar refractivity (Wildman–Crippen MR) is 597 cm³/mol. The van der Waals surface area contributed by atoms with Crippen molar-refractivity contribution in [2.75, 3.05) is 0 Å². The molecule has 762 valence electrons. The smallest absolute Gasteiger partial charge is 0.164 e. The molecule has 0 unspecified atom stereocenters. The monoisotopic (exact) mass is 2790 g/mol. The number of hydrogen-bond acceptors (Lipinski definition) is 18. The Morgan fingerprint density at radius 1 is 0.279 bits per heavy atom. The van der Waals surface area contributed by atoms with Crippen molar-refractivity contribution in [2.24, 2.45) is 0 Å². The van der Waals surface area contributed by atoms with Gasteiger partial charge in [0.25, 0.3) is 0 Å². The molecule has 6 heterocycles. The minimum absolute atomic E-state index is 0. The maximum absolute atomic E-state index is 14.7. The maximum atomic E-state index is 14.7. The van der Waals surface area contributed by atoms with E-state index in [-0.39, 0.29) is 91.0 Å². The van der Waals surface area contributed by atoms with Crippen LogP contribution >= 0.6 is 125 Å². The van der Waals surface area contributed by atoms with Gasteiger partial charge in [0, 0.05) is 76.7 Å². The van der Waals surface area contributed by atoms with E-state index in [0.717, 1.165) is 40.5 Å². The molecule has 40 heteroatoms. The van der Waals surface area contributed by atoms with Crippen molar-refractivity contribution in [3.05, 3.63) is 356 Å². The summed E-state index contributed by atoms with van der Waals surface area (Å²) in [6.45, 7) is 31.6. The number of nitrogens with zero attached hydrogens (tertiary/aromatic N) is 10. The minimum atomic E-state index is -0.710. The molecule has 2 aromatic heterocycles. The van der Waals surface area contributed by atoms with Gasteiger partial charge in [-0.3, -0.25) is 0 Å². The van der Waals surface area contributed by atoms with E-state index < -0.39 is 91.4 Å². The fraction of sp³-hybridized carbons (Fsp3) is 0.234. The van der Waals surface area contributed by atoms with Crippen molar-refractivity contribution in [2.45, 2.75) is 163 Å². The molecule has 4 saturated heterocycles. The summed E-state index contributed by atoms with van der Waals surface area (Å²) in [5.41, 5.74) is 2.83. The second kappa shape index (κ2) is 54.3. The van der Waals surface area contributed by atoms with Gasteiger partial charge >= 0.3 is 129 Å². The van der Waals surface area contributed by atoms with Crippen molar-refractivity contribution in [3.8, 4) is 115 Å². The molecule has 4 aliphatic heterocycles. The molecule has 12 aromatic carbocycles. The Balaban J connectivity index is 0.000000193. The first-order chi connectivity index (χ1) is 68.9. The van der Waals surface area contributed by atoms with Crippen LogP contribution in [0.4, 0.5) is 35.1 Å². The largest absolute Gasteiger partial charge is 0.208 e. The number of halogens is 18. The third-order valence-corrected chi connectivity index (χ3v) is 25.8. The van der Waals surface area contributed by atoms with Crippen LogP contribution in [0.25, 0.3) is 90.3 Å². The fourth-order valence-electron chi connectivity index (χ4n) is 13.8. The molecule has 18 rings (SSSR count). The molecule has 0 atom stereocenters. The average Bonchev–Trinajstić information content (AvgIpc) is 1.59. The van der Waals surface area contributed by atoms with Gasteiger partial charge in [-0.15, -0.1) is 0 Å². The average molecular weight is 2790 g/mol. The summed E-state index contributed by atoms with van der Waals surface area (Å²) < 4.78 is 159. The van der Waals surface area contributed by atoms with Crippen LogP contribution in [-0.2, 0) is 37.2 Å². The number of nitriles is 4. The molecular formula is C107H96B4BrCl3F8I6N10O8-2. The Labute approximate surface area is 936 Å². The van der Waals surface area contributed by atoms with Gasteiger partial charge in [-0.2, -0.15) is 31.0 Å². The van der Waals surface area contributed by atoms with E-state index in [4.69, 9.17) is 93.1 Å². The fourth-order valence-corrected chi connectivity index (χ4v) is 14.6. The van der Waals surface area contributed by atoms with Crippen LogP contribution in [0.15, 0.2) is 271 Å². The molecule has 0 radical (unpaired) electrons. The Morgan fingerprint density at radius 3 is 0.871 bits per heavy atom. The van der Waals surface area contributed by atoms with Crippen molar-refractivity contribution >= 4 is 164 Å². The van der Waals surface area contributed by atoms with Crippen molar-refractivity contribution in [1.82, 2.24) is 29.9 Å². The molecule has 18 nitrogen and oxygen atoms in total. The van der Waals surface area contributed by atoms with Crippen LogP contribution in [0.3, 0.4) is 0 Å². The second-order valence-corrected chi connectivity index (χ2v) is 71.0. The zero-order chi connectivity index (χ0) is 107. The molecule has 147 heavy (non-hydrogen) atoms. The summed E-state index contributed by atoms with van der Waals surface area (Å²) in [6, 6.07) is 78.8. The third-order valence-electron chi connectivity index (χ3n) is 24.5. The van der Waals surface area contributed by atoms with E-state index in [2.05, 4.69) is 120 Å². The quantitative estimate of drug-likeness (QED) is 0.0663. The summed E-state index contributed by atoms with van der Waals surface area (Å²) in [4.78, 5) is 26.7. The van der Waals surface area contributed by atoms with Crippen LogP contribution in [0.2, 0.25) is 15.3 Å². The Hall–Kier alpha value is -8.27. The maximum Gasteiger partial charge on any atom is 0.164 e. The summed E-state index contributed by atoms with van der Waals surface area (Å²) in [7, 11) is -2.32. The Kier molecular flexibility index (Phi) is 45.2. The van der Waals surface area contributed by atoms with Gasteiger partial charge in [-0.25, -0.2) is 55.1 Å². The van der Waals surface area contributed by atoms with Gasteiger partial charge < -0.3 is 37.2 Å². The van der Waals surface area contributed by atoms with Crippen LogP contribution in [0, 0.1) is 91.9 Å². The zero-order valence-electron chi connectivity index (χ0n) is 81.3. The Bertz CT molecular complexity index is 6900.